The van der Waals surface area contributed by atoms with Crippen molar-refractivity contribution in [3.8, 4) is 0 Å². The summed E-state index contributed by atoms with van der Waals surface area (Å²) >= 11 is 0. The number of sulfonamides is 1. The standard InChI is InChI=1S/C9H21N3O2S/c1-9-8-10-4-7-15(13,14)12(9)6-5-11(2)3/h9-10H,4-8H2,1-3H3. The number of nitrogens with zero attached hydrogens (tertiary/aromatic N) is 2. The Hall–Kier alpha value is -0.170. The third-order valence-electron chi connectivity index (χ3n) is 2.59. The zero-order valence-corrected chi connectivity index (χ0v) is 10.5. The second-order valence-electron chi connectivity index (χ2n) is 4.28. The molecule has 0 amide bonds. The number of hydrogen-bond donors (Lipinski definition) is 1. The maximum Gasteiger partial charge on any atom is 0.215 e. The largest absolute Gasteiger partial charge is 0.314 e. The van der Waals surface area contributed by atoms with Gasteiger partial charge < -0.3 is 10.2 Å². The van der Waals surface area contributed by atoms with Crippen LogP contribution in [0.4, 0.5) is 0 Å². The molecular weight excluding hydrogens is 214 g/mol. The summed E-state index contributed by atoms with van der Waals surface area (Å²) < 4.78 is 25.4. The van der Waals surface area contributed by atoms with Crippen molar-refractivity contribution >= 4 is 10.0 Å². The summed E-state index contributed by atoms with van der Waals surface area (Å²) in [5, 5.41) is 3.14. The molecule has 1 N–H and O–H groups in total. The predicted molar refractivity (Wildman–Crippen MR) is 61.4 cm³/mol. The van der Waals surface area contributed by atoms with Gasteiger partial charge in [0.05, 0.1) is 5.75 Å². The minimum atomic E-state index is -3.06. The lowest BCUT2D eigenvalue weighted by Crippen LogP contribution is -2.44. The van der Waals surface area contributed by atoms with E-state index >= 15 is 0 Å². The van der Waals surface area contributed by atoms with Crippen molar-refractivity contribution in [1.29, 1.82) is 0 Å². The topological polar surface area (TPSA) is 52.7 Å². The third kappa shape index (κ3) is 3.71. The van der Waals surface area contributed by atoms with E-state index in [1.165, 1.54) is 0 Å². The van der Waals surface area contributed by atoms with Crippen molar-refractivity contribution in [2.75, 3.05) is 46.0 Å². The van der Waals surface area contributed by atoms with Crippen LogP contribution in [0.3, 0.4) is 0 Å². The molecule has 5 nitrogen and oxygen atoms in total. The van der Waals surface area contributed by atoms with Crippen LogP contribution in [0.2, 0.25) is 0 Å². The molecule has 1 atom stereocenters. The molecule has 0 aromatic carbocycles. The van der Waals surface area contributed by atoms with E-state index in [0.29, 0.717) is 13.1 Å². The summed E-state index contributed by atoms with van der Waals surface area (Å²) in [6.07, 6.45) is 0. The average molecular weight is 235 g/mol. The maximum atomic E-state index is 11.9. The highest BCUT2D eigenvalue weighted by atomic mass is 32.2. The molecule has 1 aliphatic rings. The van der Waals surface area contributed by atoms with Gasteiger partial charge in [0, 0.05) is 32.2 Å². The van der Waals surface area contributed by atoms with Crippen LogP contribution < -0.4 is 5.32 Å². The van der Waals surface area contributed by atoms with E-state index in [1.54, 1.807) is 4.31 Å². The Morgan fingerprint density at radius 3 is 2.73 bits per heavy atom. The number of rotatable bonds is 3. The van der Waals surface area contributed by atoms with Crippen molar-refractivity contribution in [3.63, 3.8) is 0 Å². The molecule has 1 aliphatic heterocycles. The third-order valence-corrected chi connectivity index (χ3v) is 4.57. The smallest absolute Gasteiger partial charge is 0.215 e. The second-order valence-corrected chi connectivity index (χ2v) is 6.32. The van der Waals surface area contributed by atoms with Gasteiger partial charge in [-0.1, -0.05) is 0 Å². The van der Waals surface area contributed by atoms with E-state index in [2.05, 4.69) is 5.32 Å². The molecule has 1 heterocycles. The molecular formula is C9H21N3O2S. The van der Waals surface area contributed by atoms with E-state index in [1.807, 2.05) is 25.9 Å². The first kappa shape index (κ1) is 12.9. The lowest BCUT2D eigenvalue weighted by molar-refractivity contribution is 0.292. The van der Waals surface area contributed by atoms with Crippen LogP contribution in [0.25, 0.3) is 0 Å². The van der Waals surface area contributed by atoms with Gasteiger partial charge in [0.15, 0.2) is 0 Å². The number of likely N-dealkylation sites (N-methyl/N-ethyl adjacent to an activating group) is 1. The van der Waals surface area contributed by atoms with Crippen molar-refractivity contribution < 1.29 is 8.42 Å². The molecule has 15 heavy (non-hydrogen) atoms. The van der Waals surface area contributed by atoms with Crippen LogP contribution >= 0.6 is 0 Å². The van der Waals surface area contributed by atoms with Crippen LogP contribution in [0.5, 0.6) is 0 Å². The Labute approximate surface area is 92.5 Å². The van der Waals surface area contributed by atoms with E-state index in [-0.39, 0.29) is 11.8 Å². The van der Waals surface area contributed by atoms with Crippen LogP contribution in [0.15, 0.2) is 0 Å². The average Bonchev–Trinajstić information content (AvgIpc) is 2.22. The summed E-state index contributed by atoms with van der Waals surface area (Å²) in [5.41, 5.74) is 0. The summed E-state index contributed by atoms with van der Waals surface area (Å²) in [6.45, 7) is 4.60. The molecule has 0 radical (unpaired) electrons. The van der Waals surface area contributed by atoms with Gasteiger partial charge in [-0.3, -0.25) is 0 Å². The minimum absolute atomic E-state index is 0.0532. The molecule has 6 heteroatoms. The molecule has 0 bridgehead atoms. The quantitative estimate of drug-likeness (QED) is 0.694. The van der Waals surface area contributed by atoms with Crippen LogP contribution in [0.1, 0.15) is 6.92 Å². The van der Waals surface area contributed by atoms with Crippen LogP contribution in [-0.4, -0.2) is 69.7 Å². The van der Waals surface area contributed by atoms with Crippen LogP contribution in [-0.2, 0) is 10.0 Å². The number of hydrogen-bond acceptors (Lipinski definition) is 4. The fourth-order valence-corrected chi connectivity index (χ4v) is 3.28. The molecule has 0 aromatic heterocycles. The summed E-state index contributed by atoms with van der Waals surface area (Å²) in [7, 11) is 0.843. The highest BCUT2D eigenvalue weighted by molar-refractivity contribution is 7.89. The first-order valence-corrected chi connectivity index (χ1v) is 6.89. The second kappa shape index (κ2) is 5.25. The monoisotopic (exact) mass is 235 g/mol. The Morgan fingerprint density at radius 2 is 2.13 bits per heavy atom. The Morgan fingerprint density at radius 1 is 1.47 bits per heavy atom. The maximum absolute atomic E-state index is 11.9. The molecule has 1 unspecified atom stereocenters. The summed E-state index contributed by atoms with van der Waals surface area (Å²) in [6, 6.07) is 0.0532. The highest BCUT2D eigenvalue weighted by Crippen LogP contribution is 2.09. The van der Waals surface area contributed by atoms with Gasteiger partial charge in [0.2, 0.25) is 10.0 Å². The normalized spacial score (nSPS) is 27.9. The lowest BCUT2D eigenvalue weighted by atomic mass is 10.3. The molecule has 0 saturated carbocycles. The van der Waals surface area contributed by atoms with E-state index in [0.717, 1.165) is 13.1 Å². The van der Waals surface area contributed by atoms with Gasteiger partial charge in [-0.05, 0) is 21.0 Å². The predicted octanol–water partition coefficient (Wildman–Crippen LogP) is -0.828. The van der Waals surface area contributed by atoms with Gasteiger partial charge in [0.25, 0.3) is 0 Å². The zero-order chi connectivity index (χ0) is 11.5. The zero-order valence-electron chi connectivity index (χ0n) is 9.73. The molecule has 0 aromatic rings. The van der Waals surface area contributed by atoms with E-state index in [4.69, 9.17) is 0 Å². The summed E-state index contributed by atoms with van der Waals surface area (Å²) in [4.78, 5) is 2.00. The minimum Gasteiger partial charge on any atom is -0.314 e. The number of nitrogens with one attached hydrogen (secondary N) is 1. The summed E-state index contributed by atoms with van der Waals surface area (Å²) in [5.74, 6) is 0.213. The fraction of sp³-hybridized carbons (Fsp3) is 1.00. The van der Waals surface area contributed by atoms with Gasteiger partial charge in [-0.2, -0.15) is 4.31 Å². The van der Waals surface area contributed by atoms with Crippen molar-refractivity contribution in [2.24, 2.45) is 0 Å². The van der Waals surface area contributed by atoms with Crippen LogP contribution in [0, 0.1) is 0 Å². The Kier molecular flexibility index (Phi) is 4.51. The van der Waals surface area contributed by atoms with Gasteiger partial charge in [-0.25, -0.2) is 8.42 Å². The van der Waals surface area contributed by atoms with Gasteiger partial charge >= 0.3 is 0 Å². The lowest BCUT2D eigenvalue weighted by Gasteiger charge is -2.26. The molecule has 1 saturated heterocycles. The first-order chi connectivity index (χ1) is 6.93. The van der Waals surface area contributed by atoms with Crippen molar-refractivity contribution in [3.05, 3.63) is 0 Å². The molecule has 0 spiro atoms. The SMILES string of the molecule is CC1CNCCS(=O)(=O)N1CCN(C)C. The first-order valence-electron chi connectivity index (χ1n) is 5.28. The Bertz CT molecular complexity index is 290. The molecule has 0 aliphatic carbocycles. The van der Waals surface area contributed by atoms with Crippen molar-refractivity contribution in [1.82, 2.24) is 14.5 Å². The molecule has 1 rings (SSSR count). The van der Waals surface area contributed by atoms with E-state index < -0.39 is 10.0 Å². The van der Waals surface area contributed by atoms with Gasteiger partial charge in [-0.15, -0.1) is 0 Å². The molecule has 90 valence electrons. The molecule has 1 fully saturated rings. The Balaban J connectivity index is 2.69. The fourth-order valence-electron chi connectivity index (χ4n) is 1.66. The van der Waals surface area contributed by atoms with E-state index in [9.17, 15) is 8.42 Å². The van der Waals surface area contributed by atoms with Gasteiger partial charge in [0.1, 0.15) is 0 Å². The highest BCUT2D eigenvalue weighted by Gasteiger charge is 2.28. The van der Waals surface area contributed by atoms with Crippen molar-refractivity contribution in [2.45, 2.75) is 13.0 Å².